The van der Waals surface area contributed by atoms with Crippen LogP contribution in [0, 0.1) is 0 Å². The molecule has 98 valence electrons. The van der Waals surface area contributed by atoms with Crippen LogP contribution in [0.2, 0.25) is 0 Å². The van der Waals surface area contributed by atoms with Crippen LogP contribution in [-0.2, 0) is 9.53 Å². The Kier molecular flexibility index (Phi) is 4.40. The molecule has 0 bridgehead atoms. The Morgan fingerprint density at radius 3 is 2.47 bits per heavy atom. The summed E-state index contributed by atoms with van der Waals surface area (Å²) in [5.41, 5.74) is 0. The lowest BCUT2D eigenvalue weighted by Crippen LogP contribution is -2.46. The number of nitrogens with zero attached hydrogens (tertiary/aromatic N) is 1. The van der Waals surface area contributed by atoms with Crippen molar-refractivity contribution >= 4 is 5.91 Å². The van der Waals surface area contributed by atoms with E-state index in [0.717, 1.165) is 32.3 Å². The van der Waals surface area contributed by atoms with Gasteiger partial charge in [-0.3, -0.25) is 4.79 Å². The molecule has 1 saturated carbocycles. The molecule has 1 amide bonds. The minimum absolute atomic E-state index is 0.165. The minimum Gasteiger partial charge on any atom is -0.368 e. The first-order valence-corrected chi connectivity index (χ1v) is 6.78. The first-order chi connectivity index (χ1) is 8.22. The average molecular weight is 240 g/mol. The minimum atomic E-state index is -0.165. The van der Waals surface area contributed by atoms with E-state index in [1.165, 1.54) is 12.8 Å². The fourth-order valence-electron chi connectivity index (χ4n) is 2.93. The van der Waals surface area contributed by atoms with Crippen molar-refractivity contribution in [1.82, 2.24) is 10.2 Å². The maximum Gasteiger partial charge on any atom is 0.251 e. The molecular formula is C13H24N2O2. The molecule has 2 rings (SSSR count). The second kappa shape index (κ2) is 5.83. The van der Waals surface area contributed by atoms with Crippen molar-refractivity contribution in [2.75, 3.05) is 20.7 Å². The number of amides is 1. The molecule has 1 atom stereocenters. The molecule has 4 heteroatoms. The van der Waals surface area contributed by atoms with Gasteiger partial charge in [0.05, 0.1) is 0 Å². The summed E-state index contributed by atoms with van der Waals surface area (Å²) in [6, 6.07) is 1.05. The van der Waals surface area contributed by atoms with Gasteiger partial charge < -0.3 is 15.0 Å². The van der Waals surface area contributed by atoms with Gasteiger partial charge in [-0.1, -0.05) is 0 Å². The van der Waals surface area contributed by atoms with Gasteiger partial charge >= 0.3 is 0 Å². The van der Waals surface area contributed by atoms with E-state index in [1.807, 2.05) is 19.0 Å². The zero-order valence-corrected chi connectivity index (χ0v) is 10.9. The predicted octanol–water partition coefficient (Wildman–Crippen LogP) is 1.15. The third-order valence-electron chi connectivity index (χ3n) is 4.21. The Hall–Kier alpha value is -0.610. The van der Waals surface area contributed by atoms with Crippen molar-refractivity contribution in [3.63, 3.8) is 0 Å². The molecule has 1 heterocycles. The van der Waals surface area contributed by atoms with Crippen LogP contribution in [0.1, 0.15) is 38.5 Å². The first-order valence-electron chi connectivity index (χ1n) is 6.78. The molecule has 1 aliphatic heterocycles. The number of carbonyl (C=O) groups excluding carboxylic acids is 1. The predicted molar refractivity (Wildman–Crippen MR) is 66.8 cm³/mol. The monoisotopic (exact) mass is 240 g/mol. The summed E-state index contributed by atoms with van der Waals surface area (Å²) in [7, 11) is 3.96. The molecule has 0 spiro atoms. The highest BCUT2D eigenvalue weighted by atomic mass is 16.5. The van der Waals surface area contributed by atoms with Gasteiger partial charge in [-0.15, -0.1) is 0 Å². The third-order valence-corrected chi connectivity index (χ3v) is 4.21. The average Bonchev–Trinajstić information content (AvgIpc) is 2.91. The molecule has 0 aromatic carbocycles. The van der Waals surface area contributed by atoms with Crippen LogP contribution >= 0.6 is 0 Å². The second-order valence-electron chi connectivity index (χ2n) is 5.24. The molecule has 17 heavy (non-hydrogen) atoms. The van der Waals surface area contributed by atoms with E-state index in [-0.39, 0.29) is 12.0 Å². The molecule has 4 nitrogen and oxygen atoms in total. The fourth-order valence-corrected chi connectivity index (χ4v) is 2.93. The largest absolute Gasteiger partial charge is 0.368 e. The van der Waals surface area contributed by atoms with Crippen LogP contribution in [0.15, 0.2) is 0 Å². The molecule has 0 unspecified atom stereocenters. The van der Waals surface area contributed by atoms with Crippen molar-refractivity contribution in [3.05, 3.63) is 0 Å². The van der Waals surface area contributed by atoms with Gasteiger partial charge in [-0.2, -0.15) is 0 Å². The zero-order valence-electron chi connectivity index (χ0n) is 10.9. The van der Waals surface area contributed by atoms with E-state index >= 15 is 0 Å². The summed E-state index contributed by atoms with van der Waals surface area (Å²) in [6.07, 6.45) is 6.32. The molecule has 2 aliphatic rings. The molecule has 0 aromatic rings. The maximum atomic E-state index is 12.2. The van der Waals surface area contributed by atoms with E-state index in [1.54, 1.807) is 0 Å². The van der Waals surface area contributed by atoms with Crippen molar-refractivity contribution < 1.29 is 9.53 Å². The Labute approximate surface area is 104 Å². The summed E-state index contributed by atoms with van der Waals surface area (Å²) < 4.78 is 5.47. The van der Waals surface area contributed by atoms with Gasteiger partial charge in [0.25, 0.3) is 5.91 Å². The summed E-state index contributed by atoms with van der Waals surface area (Å²) in [4.78, 5) is 14.1. The summed E-state index contributed by atoms with van der Waals surface area (Å²) in [6.45, 7) is 0.747. The topological polar surface area (TPSA) is 41.6 Å². The smallest absolute Gasteiger partial charge is 0.251 e. The summed E-state index contributed by atoms with van der Waals surface area (Å²) in [5.74, 6) is 0.190. The first kappa shape index (κ1) is 12.8. The second-order valence-corrected chi connectivity index (χ2v) is 5.24. The van der Waals surface area contributed by atoms with E-state index in [2.05, 4.69) is 5.32 Å². The number of hydrogen-bond donors (Lipinski definition) is 1. The van der Waals surface area contributed by atoms with Crippen LogP contribution in [0.4, 0.5) is 0 Å². The SMILES string of the molecule is CNC1CCC(N(C)C(=O)[C@@H]2CCCO2)CC1. The standard InChI is InChI=1S/C13H24N2O2/c1-14-10-5-7-11(8-6-10)15(2)13(16)12-4-3-9-17-12/h10-12,14H,3-9H2,1-2H3/t10?,11?,12-/m0/s1. The lowest BCUT2D eigenvalue weighted by Gasteiger charge is -2.35. The van der Waals surface area contributed by atoms with Crippen LogP contribution in [0.5, 0.6) is 0 Å². The molecular weight excluding hydrogens is 216 g/mol. The lowest BCUT2D eigenvalue weighted by atomic mass is 9.90. The highest BCUT2D eigenvalue weighted by Gasteiger charge is 2.31. The Morgan fingerprint density at radius 2 is 1.94 bits per heavy atom. The van der Waals surface area contributed by atoms with Crippen LogP contribution in [-0.4, -0.2) is 49.7 Å². The van der Waals surface area contributed by atoms with E-state index in [0.29, 0.717) is 12.1 Å². The molecule has 2 fully saturated rings. The number of likely N-dealkylation sites (N-methyl/N-ethyl adjacent to an activating group) is 1. The van der Waals surface area contributed by atoms with Gasteiger partial charge in [0.2, 0.25) is 0 Å². The summed E-state index contributed by atoms with van der Waals surface area (Å²) in [5, 5.41) is 3.32. The van der Waals surface area contributed by atoms with Crippen molar-refractivity contribution in [2.45, 2.75) is 56.7 Å². The molecule has 1 saturated heterocycles. The van der Waals surface area contributed by atoms with Gasteiger partial charge in [-0.25, -0.2) is 0 Å². The molecule has 0 radical (unpaired) electrons. The van der Waals surface area contributed by atoms with Crippen LogP contribution in [0.3, 0.4) is 0 Å². The highest BCUT2D eigenvalue weighted by Crippen LogP contribution is 2.24. The molecule has 1 aliphatic carbocycles. The highest BCUT2D eigenvalue weighted by molar-refractivity contribution is 5.81. The van der Waals surface area contributed by atoms with E-state index in [4.69, 9.17) is 4.74 Å². The maximum absolute atomic E-state index is 12.2. The normalized spacial score (nSPS) is 33.6. The van der Waals surface area contributed by atoms with Crippen molar-refractivity contribution in [2.24, 2.45) is 0 Å². The number of nitrogens with one attached hydrogen (secondary N) is 1. The van der Waals surface area contributed by atoms with Crippen LogP contribution in [0.25, 0.3) is 0 Å². The van der Waals surface area contributed by atoms with Crippen LogP contribution < -0.4 is 5.32 Å². The zero-order chi connectivity index (χ0) is 12.3. The number of carbonyl (C=O) groups is 1. The van der Waals surface area contributed by atoms with Crippen molar-refractivity contribution in [1.29, 1.82) is 0 Å². The van der Waals surface area contributed by atoms with Gasteiger partial charge in [-0.05, 0) is 45.6 Å². The van der Waals surface area contributed by atoms with Gasteiger partial charge in [0, 0.05) is 25.7 Å². The Bertz CT molecular complexity index is 256. The third kappa shape index (κ3) is 2.99. The fraction of sp³-hybridized carbons (Fsp3) is 0.923. The number of ether oxygens (including phenoxy) is 1. The van der Waals surface area contributed by atoms with E-state index < -0.39 is 0 Å². The lowest BCUT2D eigenvalue weighted by molar-refractivity contribution is -0.142. The Morgan fingerprint density at radius 1 is 1.24 bits per heavy atom. The van der Waals surface area contributed by atoms with Crippen molar-refractivity contribution in [3.8, 4) is 0 Å². The van der Waals surface area contributed by atoms with Gasteiger partial charge in [0.15, 0.2) is 0 Å². The Balaban J connectivity index is 1.83. The summed E-state index contributed by atoms with van der Waals surface area (Å²) >= 11 is 0. The molecule has 0 aromatic heterocycles. The number of rotatable bonds is 3. The number of hydrogen-bond acceptors (Lipinski definition) is 3. The van der Waals surface area contributed by atoms with Gasteiger partial charge in [0.1, 0.15) is 6.10 Å². The quantitative estimate of drug-likeness (QED) is 0.804. The van der Waals surface area contributed by atoms with E-state index in [9.17, 15) is 4.79 Å². The molecule has 1 N–H and O–H groups in total.